The highest BCUT2D eigenvalue weighted by atomic mass is 31.2. The first-order valence-electron chi connectivity index (χ1n) is 9.66. The summed E-state index contributed by atoms with van der Waals surface area (Å²) in [5.74, 6) is 5.07. The summed E-state index contributed by atoms with van der Waals surface area (Å²) in [5.41, 5.74) is 0. The van der Waals surface area contributed by atoms with Gasteiger partial charge in [0.2, 0.25) is 0 Å². The highest BCUT2D eigenvalue weighted by Crippen LogP contribution is 2.53. The Morgan fingerprint density at radius 3 is 0.974 bits per heavy atom. The summed E-state index contributed by atoms with van der Waals surface area (Å²) in [7, 11) is 0.217. The Balaban J connectivity index is -0.0000000520. The van der Waals surface area contributed by atoms with E-state index in [2.05, 4.69) is 55.1 Å². The van der Waals surface area contributed by atoms with E-state index in [9.17, 15) is 18.3 Å². The van der Waals surface area contributed by atoms with E-state index in [1.165, 1.54) is 68.5 Å². The lowest BCUT2D eigenvalue weighted by Gasteiger charge is -2.11. The summed E-state index contributed by atoms with van der Waals surface area (Å²) >= 11 is 0. The third kappa shape index (κ3) is 37.2. The summed E-state index contributed by atoms with van der Waals surface area (Å²) in [5, 5.41) is 0.424. The molecule has 0 aliphatic heterocycles. The molecule has 0 radical (unpaired) electrons. The maximum atomic E-state index is 11.1. The molecule has 0 spiro atoms. The van der Waals surface area contributed by atoms with Crippen LogP contribution in [0.1, 0.15) is 50.0 Å². The quantitative estimate of drug-likeness (QED) is 0.156. The van der Waals surface area contributed by atoms with Gasteiger partial charge in [0.25, 0.3) is 0 Å². The largest absolute Gasteiger partial charge is 0.696 e. The normalized spacial score (nSPS) is 10.0. The minimum absolute atomic E-state index is 0. The van der Waals surface area contributed by atoms with Gasteiger partial charge in [0.15, 0.2) is 0 Å². The van der Waals surface area contributed by atoms with E-state index in [-0.39, 0.29) is 22.3 Å². The van der Waals surface area contributed by atoms with Gasteiger partial charge >= 0.3 is 31.0 Å². The van der Waals surface area contributed by atoms with E-state index in [0.717, 1.165) is 0 Å². The summed E-state index contributed by atoms with van der Waals surface area (Å²) in [6.45, 7) is 10.2. The van der Waals surface area contributed by atoms with Crippen LogP contribution in [0, 0.1) is 12.3 Å². The van der Waals surface area contributed by atoms with Crippen molar-refractivity contribution in [1.29, 1.82) is 0 Å². The average molecular weight is 648 g/mol. The monoisotopic (exact) mass is 647 g/mol. The third-order valence-corrected chi connectivity index (χ3v) is 8.78. The molecule has 0 bridgehead atoms. The van der Waals surface area contributed by atoms with Crippen LogP contribution in [0.2, 0.25) is 0 Å². The molecule has 12 nitrogen and oxygen atoms in total. The number of terminal acetylenes is 1. The molecule has 0 fully saturated rings. The van der Waals surface area contributed by atoms with Gasteiger partial charge in [-0.2, -0.15) is 0 Å². The number of allylic oxidation sites excluding steroid dienone is 3. The fourth-order valence-corrected chi connectivity index (χ4v) is 3.66. The molecule has 39 heavy (non-hydrogen) atoms. The molecule has 0 N–H and O–H groups in total. The van der Waals surface area contributed by atoms with Crippen LogP contribution in [0.3, 0.4) is 0 Å². The molecular weight excluding hydrogens is 592 g/mol. The van der Waals surface area contributed by atoms with E-state index in [1.54, 1.807) is 39.8 Å². The van der Waals surface area contributed by atoms with E-state index in [1.807, 2.05) is 0 Å². The molecule has 0 amide bonds. The van der Waals surface area contributed by atoms with Crippen molar-refractivity contribution in [2.75, 3.05) is 56.9 Å². The molecule has 0 aliphatic rings. The molecular formula is C23H55O12P4+. The standard InChI is InChI=1S/3C5H11O3P.C3H4.C2H6O3P.3CH4/c1-5(2)9(6,7-3)8-4;2*1-4-5-9(6,7-2)8-3;1-3-2;1-4-6(3)5-2;;;/h1H2,2-4H3;2*4-5H,1-3H3;1H,2H3;1-2H3;3*1H4/q;;;;+1;;;/b;5-4+;5-4-;;;;;. The second-order valence-corrected chi connectivity index (χ2v) is 13.1. The van der Waals surface area contributed by atoms with Crippen LogP contribution in [0.15, 0.2) is 35.7 Å². The Morgan fingerprint density at radius 1 is 0.718 bits per heavy atom. The molecule has 238 valence electrons. The fraction of sp³-hybridized carbons (Fsp3) is 0.652. The molecule has 0 aliphatic carbocycles. The lowest BCUT2D eigenvalue weighted by atomic mass is 10.8. The second-order valence-electron chi connectivity index (χ2n) is 5.25. The van der Waals surface area contributed by atoms with Gasteiger partial charge in [-0.15, -0.1) is 21.4 Å². The van der Waals surface area contributed by atoms with Crippen molar-refractivity contribution in [2.45, 2.75) is 50.0 Å². The molecule has 0 rings (SSSR count). The van der Waals surface area contributed by atoms with Crippen LogP contribution in [-0.2, 0) is 54.5 Å². The van der Waals surface area contributed by atoms with Crippen LogP contribution in [0.4, 0.5) is 0 Å². The lowest BCUT2D eigenvalue weighted by Crippen LogP contribution is -1.87. The van der Waals surface area contributed by atoms with Gasteiger partial charge in [-0.3, -0.25) is 13.7 Å². The van der Waals surface area contributed by atoms with Gasteiger partial charge in [-0.25, -0.2) is 0 Å². The van der Waals surface area contributed by atoms with Crippen LogP contribution in [-0.4, -0.2) is 56.9 Å². The fourth-order valence-electron chi connectivity index (χ4n) is 1.22. The van der Waals surface area contributed by atoms with Crippen molar-refractivity contribution in [3.63, 3.8) is 0 Å². The lowest BCUT2D eigenvalue weighted by molar-refractivity contribution is 0.283. The highest BCUT2D eigenvalue weighted by molar-refractivity contribution is 7.58. The SMILES string of the molecule is C.C.C.C#CC.C/C=C/P(=O)(OC)OC.C/C=C\P(=O)(OC)OC.C=C(C)P(=O)(OC)OC.CO[P+](=O)OC. The van der Waals surface area contributed by atoms with Gasteiger partial charge in [0.05, 0.1) is 14.2 Å². The Hall–Kier alpha value is -0.750. The molecule has 0 aromatic rings. The van der Waals surface area contributed by atoms with Crippen molar-refractivity contribution in [1.82, 2.24) is 0 Å². The number of hydrogen-bond acceptors (Lipinski definition) is 12. The van der Waals surface area contributed by atoms with Gasteiger partial charge in [-0.1, -0.05) is 41.0 Å². The van der Waals surface area contributed by atoms with E-state index in [4.69, 9.17) is 0 Å². The second kappa shape index (κ2) is 37.2. The predicted molar refractivity (Wildman–Crippen MR) is 166 cm³/mol. The molecule has 0 unspecified atom stereocenters. The first-order valence-corrected chi connectivity index (χ1v) is 15.5. The Morgan fingerprint density at radius 2 is 0.949 bits per heavy atom. The summed E-state index contributed by atoms with van der Waals surface area (Å²) < 4.78 is 78.9. The molecule has 0 saturated heterocycles. The van der Waals surface area contributed by atoms with Crippen molar-refractivity contribution >= 4 is 31.0 Å². The Bertz CT molecular complexity index is 741. The van der Waals surface area contributed by atoms with Gasteiger partial charge in [-0.05, 0) is 27.7 Å². The molecule has 0 aromatic carbocycles. The molecule has 16 heteroatoms. The highest BCUT2D eigenvalue weighted by Gasteiger charge is 2.21. The van der Waals surface area contributed by atoms with E-state index in [0.29, 0.717) is 5.31 Å². The maximum absolute atomic E-state index is 11.1. The van der Waals surface area contributed by atoms with Gasteiger partial charge < -0.3 is 27.1 Å². The summed E-state index contributed by atoms with van der Waals surface area (Å²) in [4.78, 5) is 0. The van der Waals surface area contributed by atoms with Crippen LogP contribution in [0.25, 0.3) is 0 Å². The van der Waals surface area contributed by atoms with E-state index < -0.39 is 31.0 Å². The Kier molecular flexibility index (Phi) is 55.4. The minimum atomic E-state index is -2.95. The molecule has 0 aromatic heterocycles. The van der Waals surface area contributed by atoms with Crippen LogP contribution < -0.4 is 0 Å². The van der Waals surface area contributed by atoms with Gasteiger partial charge in [0, 0.05) is 64.2 Å². The van der Waals surface area contributed by atoms with Crippen LogP contribution >= 0.6 is 31.0 Å². The zero-order valence-electron chi connectivity index (χ0n) is 23.3. The molecule has 0 atom stereocenters. The smallest absolute Gasteiger partial charge is 0.309 e. The summed E-state index contributed by atoms with van der Waals surface area (Å²) in [6, 6.07) is 0. The molecule has 0 saturated carbocycles. The maximum Gasteiger partial charge on any atom is 0.696 e. The van der Waals surface area contributed by atoms with Crippen molar-refractivity contribution in [3.8, 4) is 12.3 Å². The molecule has 0 heterocycles. The number of rotatable bonds is 11. The average Bonchev–Trinajstić information content (AvgIpc) is 2.89. The third-order valence-electron chi connectivity index (χ3n) is 2.93. The Labute approximate surface area is 240 Å². The minimum Gasteiger partial charge on any atom is -0.309 e. The van der Waals surface area contributed by atoms with Crippen molar-refractivity contribution in [2.24, 2.45) is 0 Å². The first-order chi connectivity index (χ1) is 16.7. The predicted octanol–water partition coefficient (Wildman–Crippen LogP) is 9.50. The zero-order valence-corrected chi connectivity index (χ0v) is 26.9. The van der Waals surface area contributed by atoms with Gasteiger partial charge in [0.1, 0.15) is 0 Å². The zero-order chi connectivity index (χ0) is 29.8. The number of hydrogen-bond donors (Lipinski definition) is 0. The van der Waals surface area contributed by atoms with Crippen molar-refractivity contribution in [3.05, 3.63) is 35.7 Å². The van der Waals surface area contributed by atoms with Crippen LogP contribution in [0.5, 0.6) is 0 Å². The first kappa shape index (κ1) is 58.0. The summed E-state index contributed by atoms with van der Waals surface area (Å²) in [6.07, 6.45) is 7.86. The van der Waals surface area contributed by atoms with Crippen molar-refractivity contribution < 1.29 is 54.5 Å². The van der Waals surface area contributed by atoms with E-state index >= 15 is 0 Å². The topological polar surface area (TPSA) is 142 Å².